The van der Waals surface area contributed by atoms with E-state index >= 15 is 0 Å². The summed E-state index contributed by atoms with van der Waals surface area (Å²) in [5.74, 6) is 2.87. The van der Waals surface area contributed by atoms with Gasteiger partial charge in [-0.15, -0.1) is 0 Å². The van der Waals surface area contributed by atoms with Crippen LogP contribution in [0.1, 0.15) is 108 Å². The minimum Gasteiger partial charge on any atom is -0.384 e. The minimum absolute atomic E-state index is 0. The highest BCUT2D eigenvalue weighted by Crippen LogP contribution is 2.18. The van der Waals surface area contributed by atoms with Gasteiger partial charge in [0, 0.05) is 60.4 Å². The number of carbonyl (C=O) groups is 1. The third kappa shape index (κ3) is 13.4. The van der Waals surface area contributed by atoms with Crippen LogP contribution < -0.4 is 33.6 Å². The van der Waals surface area contributed by atoms with Gasteiger partial charge in [0.1, 0.15) is 35.1 Å². The number of nitrogens with one attached hydrogen (secondary N) is 3. The van der Waals surface area contributed by atoms with Crippen molar-refractivity contribution in [1.82, 2.24) is 63.7 Å². The minimum atomic E-state index is -0.355. The molecule has 2 aliphatic rings. The molecule has 62 heavy (non-hydrogen) atoms. The molecule has 0 saturated heterocycles. The molecule has 0 saturated carbocycles. The molecule has 0 bridgehead atoms. The van der Waals surface area contributed by atoms with E-state index in [0.29, 0.717) is 63.9 Å². The summed E-state index contributed by atoms with van der Waals surface area (Å²) in [6.45, 7) is 31.3. The lowest BCUT2D eigenvalue weighted by atomic mass is 10.2. The van der Waals surface area contributed by atoms with E-state index in [2.05, 4.69) is 86.0 Å². The zero-order valence-corrected chi connectivity index (χ0v) is 37.1. The number of aromatic nitrogens is 10. The van der Waals surface area contributed by atoms with E-state index in [1.165, 1.54) is 23.2 Å². The molecule has 7 heterocycles. The predicted molar refractivity (Wildman–Crippen MR) is 247 cm³/mol. The largest absolute Gasteiger partial charge is 0.384 e. The fraction of sp³-hybridized carbons (Fsp3) is 0.429. The van der Waals surface area contributed by atoms with Crippen LogP contribution in [0.3, 0.4) is 0 Å². The van der Waals surface area contributed by atoms with Crippen LogP contribution in [0.5, 0.6) is 0 Å². The zero-order chi connectivity index (χ0) is 45.9. The molecule has 0 aromatic carbocycles. The van der Waals surface area contributed by atoms with Crippen LogP contribution in [-0.2, 0) is 4.79 Å². The smallest absolute Gasteiger partial charge is 0.328 e. The Bertz CT molecular complexity index is 2600. The van der Waals surface area contributed by atoms with Crippen molar-refractivity contribution in [2.24, 2.45) is 10.7 Å². The monoisotopic (exact) mass is 857 g/mol. The third-order valence-corrected chi connectivity index (χ3v) is 8.79. The maximum atomic E-state index is 11.5. The van der Waals surface area contributed by atoms with Gasteiger partial charge in [-0.05, 0) is 89.2 Å². The molecule has 0 atom stereocenters. The topological polar surface area (TPSA) is 262 Å². The molecule has 0 fully saturated rings. The van der Waals surface area contributed by atoms with Crippen molar-refractivity contribution in [2.45, 2.75) is 121 Å². The molecule has 0 spiro atoms. The summed E-state index contributed by atoms with van der Waals surface area (Å²) in [5, 5.41) is 2.68. The van der Waals surface area contributed by atoms with E-state index < -0.39 is 0 Å². The number of anilines is 1. The van der Waals surface area contributed by atoms with Crippen LogP contribution >= 0.6 is 0 Å². The molecule has 0 aliphatic carbocycles. The van der Waals surface area contributed by atoms with Gasteiger partial charge in [0.2, 0.25) is 0 Å². The maximum absolute atomic E-state index is 11.5. The van der Waals surface area contributed by atoms with Gasteiger partial charge in [0.05, 0.1) is 12.7 Å². The summed E-state index contributed by atoms with van der Waals surface area (Å²) in [7, 11) is 0. The van der Waals surface area contributed by atoms with Crippen molar-refractivity contribution in [3.8, 4) is 0 Å². The standard InChI is InChI=1S/C9H12N4O.C9H14N2O.C8H11N5.C8H13N3.C7H10N2O2.CH4/c1-5(2)13-4-10-7-8(13)11-6(3)12-9(7)14;1-6(2)11-5-7(3)9(12)10-8(11)4;1-5(2)13-4-12-6-7(9)10-3-11-8(6)13;1-6(2)11-5-4-8(9)10-7(11)3;1-5(2)9-4-3-6(10)8-7(9)11;/h4-5H,1-3H3,(H,11,12,14);5-6H,4H2,1-3H3,(H,10,12);3-5H,1-2H3,(H2,9,10,11);4-6H,3H2,1-2H3,(H2,9,10);3-5H,1-2H3,(H,8,10,11);1H4. The third-order valence-electron chi connectivity index (χ3n) is 8.79. The number of H-pyrrole nitrogens is 2. The van der Waals surface area contributed by atoms with Gasteiger partial charge in [-0.1, -0.05) is 20.6 Å². The normalized spacial score (nSPS) is 13.4. The number of rotatable bonds is 5. The van der Waals surface area contributed by atoms with Gasteiger partial charge in [-0.3, -0.25) is 23.9 Å². The number of nitrogens with zero attached hydrogens (tertiary/aromatic N) is 11. The van der Waals surface area contributed by atoms with Crippen LogP contribution in [-0.4, -0.2) is 82.2 Å². The summed E-state index contributed by atoms with van der Waals surface area (Å²) < 4.78 is 5.31. The number of aryl methyl sites for hydroxylation is 1. The van der Waals surface area contributed by atoms with E-state index in [9.17, 15) is 19.2 Å². The number of aliphatic imine (C=N–C) groups is 1. The second kappa shape index (κ2) is 22.5. The first-order valence-electron chi connectivity index (χ1n) is 19.7. The molecule has 0 unspecified atom stereocenters. The quantitative estimate of drug-likeness (QED) is 0.156. The van der Waals surface area contributed by atoms with E-state index in [4.69, 9.17) is 11.5 Å². The van der Waals surface area contributed by atoms with Crippen LogP contribution in [0.25, 0.3) is 22.3 Å². The van der Waals surface area contributed by atoms with Gasteiger partial charge in [-0.25, -0.2) is 34.7 Å². The van der Waals surface area contributed by atoms with Crippen molar-refractivity contribution in [3.63, 3.8) is 0 Å². The lowest BCUT2D eigenvalue weighted by Crippen LogP contribution is -2.40. The van der Waals surface area contributed by atoms with Crippen LogP contribution in [0.15, 0.2) is 99.5 Å². The molecule has 7 rings (SSSR count). The zero-order valence-electron chi connectivity index (χ0n) is 37.1. The Hall–Kier alpha value is -7.12. The van der Waals surface area contributed by atoms with Gasteiger partial charge >= 0.3 is 5.69 Å². The number of nitrogens with two attached hydrogens (primary N) is 2. The molecule has 0 radical (unpaired) electrons. The molecule has 1 amide bonds. The highest BCUT2D eigenvalue weighted by Gasteiger charge is 2.19. The van der Waals surface area contributed by atoms with Gasteiger partial charge in [-0.2, -0.15) is 0 Å². The van der Waals surface area contributed by atoms with Gasteiger partial charge < -0.3 is 40.7 Å². The number of imidazole rings is 2. The SMILES string of the molecule is C.C=C1N=C(N)C=CN1C(C)C.C=C1NC(=O)C(C)=CN1C(C)C.CC(C)n1ccc(=O)[nH]c1=O.CC(C)n1cnc2c(N)ncnc21.Cc1nc2c(ncn2C(C)C)c(=O)[nH]1. The number of carbonyl (C=O) groups excluding carboxylic acids is 1. The molecule has 20 heteroatoms. The lowest BCUT2D eigenvalue weighted by molar-refractivity contribution is -0.117. The van der Waals surface area contributed by atoms with Crippen molar-refractivity contribution < 1.29 is 4.79 Å². The number of aromatic amines is 2. The average Bonchev–Trinajstić information content (AvgIpc) is 3.80. The second-order valence-electron chi connectivity index (χ2n) is 15.3. The van der Waals surface area contributed by atoms with Crippen molar-refractivity contribution in [3.05, 3.63) is 117 Å². The number of amidine groups is 1. The summed E-state index contributed by atoms with van der Waals surface area (Å²) >= 11 is 0. The molecule has 7 N–H and O–H groups in total. The maximum Gasteiger partial charge on any atom is 0.328 e. The molecular weight excluding hydrogens is 793 g/mol. The van der Waals surface area contributed by atoms with Crippen molar-refractivity contribution in [2.75, 3.05) is 5.73 Å². The highest BCUT2D eigenvalue weighted by atomic mass is 16.2. The van der Waals surface area contributed by atoms with Crippen LogP contribution in [0.4, 0.5) is 5.82 Å². The van der Waals surface area contributed by atoms with Gasteiger partial charge in [0.15, 0.2) is 22.6 Å². The van der Waals surface area contributed by atoms with Crippen molar-refractivity contribution >= 4 is 39.9 Å². The van der Waals surface area contributed by atoms with E-state index in [0.717, 1.165) is 11.2 Å². The first-order valence-corrected chi connectivity index (χ1v) is 19.7. The summed E-state index contributed by atoms with van der Waals surface area (Å²) in [5.41, 5.74) is 13.5. The Morgan fingerprint density at radius 2 is 1.26 bits per heavy atom. The average molecular weight is 857 g/mol. The summed E-state index contributed by atoms with van der Waals surface area (Å²) in [6.07, 6.45) is 11.8. The second-order valence-corrected chi connectivity index (χ2v) is 15.3. The van der Waals surface area contributed by atoms with E-state index in [1.54, 1.807) is 32.6 Å². The first-order chi connectivity index (χ1) is 28.5. The Balaban J connectivity index is 0.000000267. The van der Waals surface area contributed by atoms with Crippen LogP contribution in [0.2, 0.25) is 0 Å². The Labute approximate surface area is 361 Å². The number of fused-ring (bicyclic) bond motifs is 2. The number of nitrogen functional groups attached to an aromatic ring is 1. The fourth-order valence-electron chi connectivity index (χ4n) is 5.55. The Morgan fingerprint density at radius 1 is 0.694 bits per heavy atom. The summed E-state index contributed by atoms with van der Waals surface area (Å²) in [4.78, 5) is 77.3. The lowest BCUT2D eigenvalue weighted by Gasteiger charge is -2.31. The van der Waals surface area contributed by atoms with E-state index in [-0.39, 0.29) is 42.2 Å². The number of amides is 1. The molecule has 5 aromatic heterocycles. The Morgan fingerprint density at radius 3 is 1.79 bits per heavy atom. The molecule has 20 nitrogen and oxygen atoms in total. The summed E-state index contributed by atoms with van der Waals surface area (Å²) in [6, 6.07) is 2.72. The number of hydrogen-bond acceptors (Lipinski definition) is 14. The predicted octanol–water partition coefficient (Wildman–Crippen LogP) is 5.01. The van der Waals surface area contributed by atoms with Crippen LogP contribution in [0, 0.1) is 6.92 Å². The molecule has 5 aromatic rings. The van der Waals surface area contributed by atoms with Gasteiger partial charge in [0.25, 0.3) is 17.0 Å². The highest BCUT2D eigenvalue weighted by molar-refractivity contribution is 5.94. The first kappa shape index (κ1) is 51.0. The Kier molecular flexibility index (Phi) is 18.5. The fourth-order valence-corrected chi connectivity index (χ4v) is 5.55. The molecular formula is C42H64N16O4. The van der Waals surface area contributed by atoms with E-state index in [1.807, 2.05) is 72.9 Å². The molecule has 336 valence electrons. The van der Waals surface area contributed by atoms with Crippen molar-refractivity contribution in [1.29, 1.82) is 0 Å². The molecule has 2 aliphatic heterocycles. The number of hydrogen-bond donors (Lipinski definition) is 5.